The van der Waals surface area contributed by atoms with Gasteiger partial charge in [-0.2, -0.15) is 10.2 Å². The zero-order chi connectivity index (χ0) is 20.3. The number of carbonyl (C=O) groups is 2. The lowest BCUT2D eigenvalue weighted by Crippen LogP contribution is -2.00. The molecule has 0 atom stereocenters. The number of aryl methyl sites for hydroxylation is 2. The Bertz CT molecular complexity index is 772. The van der Waals surface area contributed by atoms with Crippen LogP contribution < -0.4 is 0 Å². The number of hydrogen-bond donors (Lipinski definition) is 1. The molecule has 1 N–H and O–H groups in total. The van der Waals surface area contributed by atoms with Gasteiger partial charge in [-0.1, -0.05) is 38.1 Å². The molecule has 0 unspecified atom stereocenters. The molecule has 2 heterocycles. The van der Waals surface area contributed by atoms with Gasteiger partial charge in [0, 0.05) is 14.1 Å². The van der Waals surface area contributed by atoms with E-state index in [9.17, 15) is 27.2 Å². The quantitative estimate of drug-likeness (QED) is 0.478. The van der Waals surface area contributed by atoms with Crippen molar-refractivity contribution in [3.05, 3.63) is 32.8 Å². The fourth-order valence-corrected chi connectivity index (χ4v) is 2.40. The third-order valence-electron chi connectivity index (χ3n) is 2.83. The summed E-state index contributed by atoms with van der Waals surface area (Å²) < 4.78 is 50.7. The summed E-state index contributed by atoms with van der Waals surface area (Å²) in [7, 11) is 2.64. The smallest absolute Gasteiger partial charge is 0.341 e. The van der Waals surface area contributed by atoms with E-state index in [0.29, 0.717) is 0 Å². The first kappa shape index (κ1) is 28.4. The molecule has 2 aromatic heterocycles. The first-order valence-electron chi connectivity index (χ1n) is 6.34. The van der Waals surface area contributed by atoms with Crippen molar-refractivity contribution < 1.29 is 32.3 Å². The van der Waals surface area contributed by atoms with E-state index in [1.807, 2.05) is 0 Å². The third kappa shape index (κ3) is 6.08. The first-order valence-corrected chi connectivity index (χ1v) is 7.47. The third-order valence-corrected chi connectivity index (χ3v) is 3.89. The van der Waals surface area contributed by atoms with Gasteiger partial charge in [-0.05, 0) is 11.6 Å². The van der Waals surface area contributed by atoms with Crippen molar-refractivity contribution in [1.82, 2.24) is 19.6 Å². The summed E-state index contributed by atoms with van der Waals surface area (Å²) in [6.45, 7) is 0. The number of aromatic nitrogens is 4. The van der Waals surface area contributed by atoms with E-state index in [4.69, 9.17) is 39.9 Å². The van der Waals surface area contributed by atoms with Crippen LogP contribution in [0.3, 0.4) is 0 Å². The second kappa shape index (κ2) is 11.2. The maximum absolute atomic E-state index is 12.2. The maximum atomic E-state index is 12.2. The molecule has 0 aromatic carbocycles. The van der Waals surface area contributed by atoms with Gasteiger partial charge < -0.3 is 5.11 Å². The minimum atomic E-state index is -2.94. The van der Waals surface area contributed by atoms with Crippen molar-refractivity contribution in [1.29, 1.82) is 0 Å². The molecule has 0 spiro atoms. The SMILES string of the molecule is C.C.Cn1nc(C(F)F)c(C(=O)Cl)c1Cl.Cn1nc(C(F)F)c(C(=O)O)c1Cl. The number of nitrogens with zero attached hydrogens (tertiary/aromatic N) is 4. The Morgan fingerprint density at radius 1 is 0.893 bits per heavy atom. The van der Waals surface area contributed by atoms with Crippen LogP contribution in [0, 0.1) is 0 Å². The van der Waals surface area contributed by atoms with Crippen LogP contribution in [0.1, 0.15) is 59.8 Å². The highest BCUT2D eigenvalue weighted by Gasteiger charge is 2.27. The average molecular weight is 472 g/mol. The molecule has 0 aliphatic carbocycles. The molecule has 28 heavy (non-hydrogen) atoms. The van der Waals surface area contributed by atoms with Crippen LogP contribution in [0.25, 0.3) is 0 Å². The summed E-state index contributed by atoms with van der Waals surface area (Å²) >= 11 is 16.0. The van der Waals surface area contributed by atoms with Crippen molar-refractivity contribution >= 4 is 46.0 Å². The lowest BCUT2D eigenvalue weighted by Gasteiger charge is -1.94. The van der Waals surface area contributed by atoms with E-state index >= 15 is 0 Å². The van der Waals surface area contributed by atoms with Crippen LogP contribution in [0.5, 0.6) is 0 Å². The lowest BCUT2D eigenvalue weighted by atomic mass is 10.2. The fourth-order valence-electron chi connectivity index (χ4n) is 1.73. The average Bonchev–Trinajstić information content (AvgIpc) is 2.98. The monoisotopic (exact) mass is 470 g/mol. The summed E-state index contributed by atoms with van der Waals surface area (Å²) in [4.78, 5) is 21.2. The van der Waals surface area contributed by atoms with Gasteiger partial charge in [0.25, 0.3) is 18.1 Å². The Morgan fingerprint density at radius 2 is 1.21 bits per heavy atom. The Morgan fingerprint density at radius 3 is 1.43 bits per heavy atom. The van der Waals surface area contributed by atoms with Crippen molar-refractivity contribution in [3.63, 3.8) is 0 Å². The summed E-state index contributed by atoms with van der Waals surface area (Å²) in [6.07, 6.45) is -5.80. The Balaban J connectivity index is 0. The van der Waals surface area contributed by atoms with E-state index in [0.717, 1.165) is 9.36 Å². The predicted octanol–water partition coefficient (Wildman–Crippen LogP) is 5.37. The van der Waals surface area contributed by atoms with Gasteiger partial charge in [-0.15, -0.1) is 0 Å². The zero-order valence-corrected chi connectivity index (χ0v) is 15.1. The minimum absolute atomic E-state index is 0. The van der Waals surface area contributed by atoms with E-state index < -0.39 is 46.6 Å². The fraction of sp³-hybridized carbons (Fsp3) is 0.429. The number of hydrogen-bond acceptors (Lipinski definition) is 4. The molecule has 0 bridgehead atoms. The number of carboxylic acid groups (broad SMARTS) is 1. The Labute approximate surface area is 172 Å². The number of aromatic carboxylic acids is 1. The largest absolute Gasteiger partial charge is 0.478 e. The van der Waals surface area contributed by atoms with Gasteiger partial charge in [-0.3, -0.25) is 14.2 Å². The molecular weight excluding hydrogens is 455 g/mol. The van der Waals surface area contributed by atoms with E-state index in [1.165, 1.54) is 14.1 Å². The van der Waals surface area contributed by atoms with Crippen LogP contribution in [-0.4, -0.2) is 35.9 Å². The van der Waals surface area contributed by atoms with Crippen molar-refractivity contribution in [2.45, 2.75) is 27.7 Å². The summed E-state index contributed by atoms with van der Waals surface area (Å²) in [6, 6.07) is 0. The highest BCUT2D eigenvalue weighted by molar-refractivity contribution is 6.68. The van der Waals surface area contributed by atoms with E-state index in [2.05, 4.69) is 10.2 Å². The number of alkyl halides is 4. The molecule has 2 aromatic rings. The van der Waals surface area contributed by atoms with Gasteiger partial charge in [0.15, 0.2) is 0 Å². The molecule has 2 rings (SSSR count). The molecule has 0 saturated heterocycles. The normalized spacial score (nSPS) is 10.1. The molecule has 7 nitrogen and oxygen atoms in total. The molecule has 14 heteroatoms. The standard InChI is InChI=1S/C6H4Cl2F2N2O.C6H5ClF2N2O2.2CH4/c1-12-4(7)2(5(8)13)3(11-12)6(9)10;1-11-4(7)2(6(12)13)3(10-11)5(8)9;;/h6H,1H3;5H,1H3,(H,12,13);2*1H4. The van der Waals surface area contributed by atoms with Crippen LogP contribution in [0.15, 0.2) is 0 Å². The maximum Gasteiger partial charge on any atom is 0.341 e. The van der Waals surface area contributed by atoms with Gasteiger partial charge in [-0.25, -0.2) is 22.4 Å². The molecule has 0 aliphatic heterocycles. The Hall–Kier alpha value is -1.85. The number of halogens is 7. The minimum Gasteiger partial charge on any atom is -0.478 e. The molecular formula is C14H17Cl3F4N4O3. The molecule has 0 radical (unpaired) electrons. The second-order valence-corrected chi connectivity index (χ2v) is 5.59. The first-order chi connectivity index (χ1) is 11.9. The molecule has 160 valence electrons. The summed E-state index contributed by atoms with van der Waals surface area (Å²) in [5.41, 5.74) is -2.56. The molecule has 0 saturated carbocycles. The van der Waals surface area contributed by atoms with Crippen molar-refractivity contribution in [2.24, 2.45) is 14.1 Å². The lowest BCUT2D eigenvalue weighted by molar-refractivity contribution is 0.0684. The van der Waals surface area contributed by atoms with Gasteiger partial charge in [0.1, 0.15) is 32.8 Å². The number of carboxylic acids is 1. The van der Waals surface area contributed by atoms with Crippen molar-refractivity contribution in [2.75, 3.05) is 0 Å². The van der Waals surface area contributed by atoms with E-state index in [1.54, 1.807) is 0 Å². The highest BCUT2D eigenvalue weighted by Crippen LogP contribution is 2.28. The predicted molar refractivity (Wildman–Crippen MR) is 97.0 cm³/mol. The van der Waals surface area contributed by atoms with Gasteiger partial charge in [0.2, 0.25) is 0 Å². The zero-order valence-electron chi connectivity index (χ0n) is 12.9. The van der Waals surface area contributed by atoms with Crippen LogP contribution in [0.2, 0.25) is 10.3 Å². The summed E-state index contributed by atoms with van der Waals surface area (Å²) in [5, 5.41) is 13.7. The highest BCUT2D eigenvalue weighted by atomic mass is 35.5. The van der Waals surface area contributed by atoms with Crippen LogP contribution in [-0.2, 0) is 14.1 Å². The molecule has 0 fully saturated rings. The van der Waals surface area contributed by atoms with Crippen LogP contribution >= 0.6 is 34.8 Å². The second-order valence-electron chi connectivity index (χ2n) is 4.53. The number of carbonyl (C=O) groups excluding carboxylic acids is 1. The van der Waals surface area contributed by atoms with E-state index in [-0.39, 0.29) is 25.2 Å². The topological polar surface area (TPSA) is 90.0 Å². The van der Waals surface area contributed by atoms with Crippen molar-refractivity contribution in [3.8, 4) is 0 Å². The molecule has 0 amide bonds. The Kier molecular flexibility index (Phi) is 11.4. The van der Waals surface area contributed by atoms with Gasteiger partial charge in [0.05, 0.1) is 0 Å². The molecule has 0 aliphatic rings. The van der Waals surface area contributed by atoms with Gasteiger partial charge >= 0.3 is 5.97 Å². The number of rotatable bonds is 4. The summed E-state index contributed by atoms with van der Waals surface area (Å²) in [5.74, 6) is -1.51. The van der Waals surface area contributed by atoms with Crippen LogP contribution in [0.4, 0.5) is 17.6 Å².